The first kappa shape index (κ1) is 15.0. The average molecular weight is 270 g/mol. The van der Waals surface area contributed by atoms with E-state index in [1.807, 2.05) is 27.7 Å². The number of allylic oxidation sites excluding steroid dienone is 1. The van der Waals surface area contributed by atoms with Crippen molar-refractivity contribution in [2.45, 2.75) is 77.3 Å². The average Bonchev–Trinajstić information content (AvgIpc) is 2.79. The van der Waals surface area contributed by atoms with E-state index < -0.39 is 11.6 Å². The largest absolute Gasteiger partial charge is 0.348 e. The first-order valence-electron chi connectivity index (χ1n) is 7.17. The molecule has 0 aromatic heterocycles. The topological polar surface area (TPSA) is 36.9 Å². The lowest BCUT2D eigenvalue weighted by atomic mass is 10.1. The first-order valence-corrected chi connectivity index (χ1v) is 7.17. The van der Waals surface area contributed by atoms with Crippen LogP contribution < -0.4 is 0 Å². The van der Waals surface area contributed by atoms with Gasteiger partial charge in [-0.25, -0.2) is 0 Å². The molecule has 2 heterocycles. The van der Waals surface area contributed by atoms with Gasteiger partial charge in [0, 0.05) is 0 Å². The highest BCUT2D eigenvalue weighted by molar-refractivity contribution is 5.01. The van der Waals surface area contributed by atoms with E-state index in [4.69, 9.17) is 18.9 Å². The molecular weight excluding hydrogens is 244 g/mol. The molecule has 0 unspecified atom stereocenters. The molecule has 110 valence electrons. The summed E-state index contributed by atoms with van der Waals surface area (Å²) in [4.78, 5) is 0. The van der Waals surface area contributed by atoms with Gasteiger partial charge in [0.2, 0.25) is 0 Å². The van der Waals surface area contributed by atoms with Crippen LogP contribution in [0.4, 0.5) is 0 Å². The standard InChI is InChI=1S/C15H26O4/c1-6-7-8-9-11-13(19-15(4,5)17-11)12-10-16-14(2,3)18-12/h8-9,11-13H,6-7,10H2,1-5H3/b9-8+/t11-,12+,13-/m0/s1. The third-order valence-corrected chi connectivity index (χ3v) is 3.34. The monoisotopic (exact) mass is 270 g/mol. The number of hydrogen-bond acceptors (Lipinski definition) is 4. The Morgan fingerprint density at radius 3 is 2.37 bits per heavy atom. The van der Waals surface area contributed by atoms with Crippen LogP contribution in [0, 0.1) is 0 Å². The zero-order valence-corrected chi connectivity index (χ0v) is 12.6. The van der Waals surface area contributed by atoms with Crippen LogP contribution in [0.3, 0.4) is 0 Å². The lowest BCUT2D eigenvalue weighted by Gasteiger charge is -2.22. The van der Waals surface area contributed by atoms with Crippen molar-refractivity contribution in [2.75, 3.05) is 6.61 Å². The third-order valence-electron chi connectivity index (χ3n) is 3.34. The molecule has 0 saturated carbocycles. The molecule has 2 aliphatic rings. The van der Waals surface area contributed by atoms with Crippen LogP contribution in [0.25, 0.3) is 0 Å². The molecule has 0 spiro atoms. The Morgan fingerprint density at radius 1 is 1.05 bits per heavy atom. The van der Waals surface area contributed by atoms with Gasteiger partial charge < -0.3 is 18.9 Å². The fourth-order valence-corrected chi connectivity index (χ4v) is 2.53. The zero-order valence-electron chi connectivity index (χ0n) is 12.6. The minimum atomic E-state index is -0.567. The molecule has 0 bridgehead atoms. The van der Waals surface area contributed by atoms with Gasteiger partial charge in [0.15, 0.2) is 11.6 Å². The highest BCUT2D eigenvalue weighted by Crippen LogP contribution is 2.36. The Hall–Kier alpha value is -0.420. The molecule has 3 atom stereocenters. The lowest BCUT2D eigenvalue weighted by Crippen LogP contribution is -2.37. The number of unbranched alkanes of at least 4 members (excludes halogenated alkanes) is 1. The van der Waals surface area contributed by atoms with E-state index in [1.54, 1.807) is 0 Å². The maximum atomic E-state index is 5.99. The van der Waals surface area contributed by atoms with Gasteiger partial charge >= 0.3 is 0 Å². The summed E-state index contributed by atoms with van der Waals surface area (Å²) in [5, 5.41) is 0. The van der Waals surface area contributed by atoms with E-state index in [0.717, 1.165) is 12.8 Å². The second kappa shape index (κ2) is 5.52. The molecular formula is C15H26O4. The van der Waals surface area contributed by atoms with Crippen molar-refractivity contribution in [2.24, 2.45) is 0 Å². The quantitative estimate of drug-likeness (QED) is 0.736. The summed E-state index contributed by atoms with van der Waals surface area (Å²) in [6.07, 6.45) is 6.19. The van der Waals surface area contributed by atoms with Gasteiger partial charge in [-0.2, -0.15) is 0 Å². The van der Waals surface area contributed by atoms with Gasteiger partial charge in [0.25, 0.3) is 0 Å². The van der Waals surface area contributed by atoms with Gasteiger partial charge in [-0.05, 0) is 34.1 Å². The highest BCUT2D eigenvalue weighted by Gasteiger charge is 2.48. The van der Waals surface area contributed by atoms with Crippen LogP contribution in [0.1, 0.15) is 47.5 Å². The lowest BCUT2D eigenvalue weighted by molar-refractivity contribution is -0.174. The van der Waals surface area contributed by atoms with E-state index in [-0.39, 0.29) is 18.3 Å². The van der Waals surface area contributed by atoms with E-state index in [1.165, 1.54) is 0 Å². The normalized spacial score (nSPS) is 37.2. The maximum absolute atomic E-state index is 5.99. The summed E-state index contributed by atoms with van der Waals surface area (Å²) in [6, 6.07) is 0. The molecule has 2 aliphatic heterocycles. The van der Waals surface area contributed by atoms with E-state index in [2.05, 4.69) is 19.1 Å². The summed E-state index contributed by atoms with van der Waals surface area (Å²) >= 11 is 0. The van der Waals surface area contributed by atoms with Crippen LogP contribution in [0.2, 0.25) is 0 Å². The Bertz CT molecular complexity index is 335. The molecule has 0 aliphatic carbocycles. The highest BCUT2D eigenvalue weighted by atomic mass is 16.8. The molecule has 4 nitrogen and oxygen atoms in total. The van der Waals surface area contributed by atoms with Crippen molar-refractivity contribution in [1.29, 1.82) is 0 Å². The minimum absolute atomic E-state index is 0.0657. The minimum Gasteiger partial charge on any atom is -0.348 e. The summed E-state index contributed by atoms with van der Waals surface area (Å²) in [5.74, 6) is -1.10. The van der Waals surface area contributed by atoms with Crippen LogP contribution in [0.5, 0.6) is 0 Å². The molecule has 0 radical (unpaired) electrons. The second-order valence-electron chi connectivity index (χ2n) is 6.15. The van der Waals surface area contributed by atoms with E-state index in [0.29, 0.717) is 6.61 Å². The predicted octanol–water partition coefficient (Wildman–Crippen LogP) is 3.01. The molecule has 2 saturated heterocycles. The summed E-state index contributed by atoms with van der Waals surface area (Å²) in [5.41, 5.74) is 0. The molecule has 0 aromatic carbocycles. The summed E-state index contributed by atoms with van der Waals surface area (Å²) < 4.78 is 23.5. The van der Waals surface area contributed by atoms with Crippen molar-refractivity contribution >= 4 is 0 Å². The SMILES string of the molecule is CCC/C=C/[C@@H]1OC(C)(C)O[C@@H]1[C@H]1COC(C)(C)O1. The molecule has 19 heavy (non-hydrogen) atoms. The number of hydrogen-bond donors (Lipinski definition) is 0. The van der Waals surface area contributed by atoms with Gasteiger partial charge in [0.05, 0.1) is 6.61 Å². The van der Waals surface area contributed by atoms with Gasteiger partial charge in [0.1, 0.15) is 18.3 Å². The smallest absolute Gasteiger partial charge is 0.164 e. The van der Waals surface area contributed by atoms with Crippen molar-refractivity contribution in [3.05, 3.63) is 12.2 Å². The third kappa shape index (κ3) is 3.78. The van der Waals surface area contributed by atoms with Crippen LogP contribution in [0.15, 0.2) is 12.2 Å². The predicted molar refractivity (Wildman–Crippen MR) is 72.8 cm³/mol. The molecule has 2 fully saturated rings. The number of ether oxygens (including phenoxy) is 4. The molecule has 0 amide bonds. The Labute approximate surface area is 116 Å². The van der Waals surface area contributed by atoms with Crippen molar-refractivity contribution < 1.29 is 18.9 Å². The van der Waals surface area contributed by atoms with Gasteiger partial charge in [-0.1, -0.05) is 25.5 Å². The first-order chi connectivity index (χ1) is 8.83. The summed E-state index contributed by atoms with van der Waals surface area (Å²) in [7, 11) is 0. The molecule has 0 N–H and O–H groups in total. The van der Waals surface area contributed by atoms with E-state index in [9.17, 15) is 0 Å². The Morgan fingerprint density at radius 2 is 1.79 bits per heavy atom. The molecule has 2 rings (SSSR count). The van der Waals surface area contributed by atoms with Crippen LogP contribution in [-0.2, 0) is 18.9 Å². The van der Waals surface area contributed by atoms with Crippen molar-refractivity contribution in [3.63, 3.8) is 0 Å². The Balaban J connectivity index is 2.04. The van der Waals surface area contributed by atoms with Crippen LogP contribution >= 0.6 is 0 Å². The zero-order chi connectivity index (χ0) is 14.1. The van der Waals surface area contributed by atoms with Crippen molar-refractivity contribution in [3.8, 4) is 0 Å². The van der Waals surface area contributed by atoms with E-state index >= 15 is 0 Å². The fourth-order valence-electron chi connectivity index (χ4n) is 2.53. The molecule has 4 heteroatoms. The van der Waals surface area contributed by atoms with Gasteiger partial charge in [-0.3, -0.25) is 0 Å². The molecule has 0 aromatic rings. The van der Waals surface area contributed by atoms with Crippen molar-refractivity contribution in [1.82, 2.24) is 0 Å². The fraction of sp³-hybridized carbons (Fsp3) is 0.867. The second-order valence-corrected chi connectivity index (χ2v) is 6.15. The summed E-state index contributed by atoms with van der Waals surface area (Å²) in [6.45, 7) is 10.4. The van der Waals surface area contributed by atoms with Crippen LogP contribution in [-0.4, -0.2) is 36.5 Å². The number of rotatable bonds is 4. The maximum Gasteiger partial charge on any atom is 0.164 e. The Kier molecular flexibility index (Phi) is 4.35. The van der Waals surface area contributed by atoms with Gasteiger partial charge in [-0.15, -0.1) is 0 Å².